The molecule has 3 aromatic rings. The van der Waals surface area contributed by atoms with Gasteiger partial charge in [-0.1, -0.05) is 18.2 Å². The second-order valence-corrected chi connectivity index (χ2v) is 6.60. The number of pyridine rings is 1. The van der Waals surface area contributed by atoms with Gasteiger partial charge in [-0.3, -0.25) is 18.7 Å². The molecule has 9 heteroatoms. The summed E-state index contributed by atoms with van der Waals surface area (Å²) in [6, 6.07) is 8.56. The van der Waals surface area contributed by atoms with E-state index in [2.05, 4.69) is 10.3 Å². The van der Waals surface area contributed by atoms with Crippen molar-refractivity contribution in [2.24, 2.45) is 7.05 Å². The van der Waals surface area contributed by atoms with Gasteiger partial charge in [0.05, 0.1) is 18.1 Å². The molecule has 29 heavy (non-hydrogen) atoms. The molecule has 0 atom stereocenters. The summed E-state index contributed by atoms with van der Waals surface area (Å²) in [4.78, 5) is 54.6. The van der Waals surface area contributed by atoms with Crippen LogP contribution in [0, 0.1) is 13.8 Å². The predicted molar refractivity (Wildman–Crippen MR) is 107 cm³/mol. The topological polar surface area (TPSA) is 112 Å². The second kappa shape index (κ2) is 7.70. The predicted octanol–water partition coefficient (Wildman–Crippen LogP) is 1.14. The number of esters is 1. The number of hydrogen-bond donors (Lipinski definition) is 1. The summed E-state index contributed by atoms with van der Waals surface area (Å²) in [6.07, 6.45) is 0. The lowest BCUT2D eigenvalue weighted by Gasteiger charge is -2.13. The third kappa shape index (κ3) is 3.66. The molecule has 0 unspecified atom stereocenters. The number of fused-ring (bicyclic) bond motifs is 1. The van der Waals surface area contributed by atoms with Gasteiger partial charge in [0.2, 0.25) is 5.91 Å². The SMILES string of the molecule is COC(=O)c1cc(C)nc2c1c(=O)n(CC(=O)Nc1ccccc1C)c(=O)n2C. The molecule has 1 N–H and O–H groups in total. The molecule has 0 bridgehead atoms. The van der Waals surface area contributed by atoms with Gasteiger partial charge >= 0.3 is 11.7 Å². The molecule has 0 radical (unpaired) electrons. The highest BCUT2D eigenvalue weighted by atomic mass is 16.5. The molecule has 0 aliphatic heterocycles. The van der Waals surface area contributed by atoms with Crippen molar-refractivity contribution in [3.8, 4) is 0 Å². The maximum atomic E-state index is 13.0. The smallest absolute Gasteiger partial charge is 0.338 e. The highest BCUT2D eigenvalue weighted by Crippen LogP contribution is 2.15. The zero-order chi connectivity index (χ0) is 21.3. The lowest BCUT2D eigenvalue weighted by molar-refractivity contribution is -0.116. The number of anilines is 1. The molecular formula is C20H20N4O5. The van der Waals surface area contributed by atoms with E-state index in [1.54, 1.807) is 19.1 Å². The summed E-state index contributed by atoms with van der Waals surface area (Å²) in [5.74, 6) is -1.27. The molecule has 0 fully saturated rings. The molecule has 150 valence electrons. The Hall–Kier alpha value is -3.75. The average Bonchev–Trinajstić information content (AvgIpc) is 2.70. The number of hydrogen-bond acceptors (Lipinski definition) is 6. The van der Waals surface area contributed by atoms with Gasteiger partial charge in [-0.2, -0.15) is 0 Å². The summed E-state index contributed by atoms with van der Waals surface area (Å²) in [7, 11) is 2.62. The molecule has 3 rings (SSSR count). The fourth-order valence-electron chi connectivity index (χ4n) is 3.06. The maximum Gasteiger partial charge on any atom is 0.338 e. The first-order valence-electron chi connectivity index (χ1n) is 8.79. The number of ether oxygens (including phenoxy) is 1. The van der Waals surface area contributed by atoms with Crippen molar-refractivity contribution in [2.45, 2.75) is 20.4 Å². The molecule has 0 saturated heterocycles. The number of aryl methyl sites for hydroxylation is 3. The average molecular weight is 396 g/mol. The van der Waals surface area contributed by atoms with Crippen molar-refractivity contribution in [2.75, 3.05) is 12.4 Å². The van der Waals surface area contributed by atoms with Gasteiger partial charge in [-0.05, 0) is 31.5 Å². The van der Waals surface area contributed by atoms with Crippen LogP contribution in [0.2, 0.25) is 0 Å². The van der Waals surface area contributed by atoms with Crippen molar-refractivity contribution in [3.05, 3.63) is 68.0 Å². The number of rotatable bonds is 4. The summed E-state index contributed by atoms with van der Waals surface area (Å²) >= 11 is 0. The third-order valence-corrected chi connectivity index (χ3v) is 4.55. The zero-order valence-electron chi connectivity index (χ0n) is 16.5. The second-order valence-electron chi connectivity index (χ2n) is 6.60. The minimum Gasteiger partial charge on any atom is -0.465 e. The van der Waals surface area contributed by atoms with Crippen LogP contribution in [0.4, 0.5) is 5.69 Å². The van der Waals surface area contributed by atoms with Gasteiger partial charge in [0.15, 0.2) is 0 Å². The highest BCUT2D eigenvalue weighted by molar-refractivity contribution is 6.02. The van der Waals surface area contributed by atoms with E-state index in [9.17, 15) is 19.2 Å². The summed E-state index contributed by atoms with van der Waals surface area (Å²) < 4.78 is 6.67. The van der Waals surface area contributed by atoms with Crippen LogP contribution in [0.15, 0.2) is 39.9 Å². The minimum atomic E-state index is -0.782. The van der Waals surface area contributed by atoms with Crippen LogP contribution in [0.25, 0.3) is 11.0 Å². The van der Waals surface area contributed by atoms with Gasteiger partial charge in [-0.25, -0.2) is 14.6 Å². The van der Waals surface area contributed by atoms with Gasteiger partial charge < -0.3 is 10.1 Å². The largest absolute Gasteiger partial charge is 0.465 e. The Kier molecular flexibility index (Phi) is 5.31. The van der Waals surface area contributed by atoms with Crippen LogP contribution in [0.3, 0.4) is 0 Å². The van der Waals surface area contributed by atoms with Crippen molar-refractivity contribution in [1.82, 2.24) is 14.1 Å². The Labute approximate surface area is 165 Å². The fourth-order valence-corrected chi connectivity index (χ4v) is 3.06. The van der Waals surface area contributed by atoms with E-state index in [4.69, 9.17) is 4.74 Å². The Balaban J connectivity index is 2.14. The van der Waals surface area contributed by atoms with E-state index in [1.165, 1.54) is 20.2 Å². The van der Waals surface area contributed by atoms with E-state index in [-0.39, 0.29) is 16.6 Å². The minimum absolute atomic E-state index is 0.0105. The number of carbonyl (C=O) groups is 2. The lowest BCUT2D eigenvalue weighted by atomic mass is 10.1. The first-order valence-corrected chi connectivity index (χ1v) is 8.79. The van der Waals surface area contributed by atoms with Gasteiger partial charge in [-0.15, -0.1) is 0 Å². The molecule has 2 heterocycles. The van der Waals surface area contributed by atoms with E-state index in [0.717, 1.165) is 14.7 Å². The van der Waals surface area contributed by atoms with Crippen molar-refractivity contribution in [1.29, 1.82) is 0 Å². The Morgan fingerprint density at radius 2 is 1.86 bits per heavy atom. The summed E-state index contributed by atoms with van der Waals surface area (Å²) in [5.41, 5.74) is 0.414. The van der Waals surface area contributed by atoms with Crippen LogP contribution in [-0.2, 0) is 23.1 Å². The first-order chi connectivity index (χ1) is 13.7. The fraction of sp³-hybridized carbons (Fsp3) is 0.250. The Bertz CT molecular complexity index is 1260. The Morgan fingerprint density at radius 1 is 1.17 bits per heavy atom. The van der Waals surface area contributed by atoms with Crippen LogP contribution in [-0.4, -0.2) is 33.1 Å². The number of nitrogens with zero attached hydrogens (tertiary/aromatic N) is 3. The summed E-state index contributed by atoms with van der Waals surface area (Å²) in [6.45, 7) is 2.95. The van der Waals surface area contributed by atoms with Crippen LogP contribution in [0.5, 0.6) is 0 Å². The quantitative estimate of drug-likeness (QED) is 0.662. The number of benzene rings is 1. The third-order valence-electron chi connectivity index (χ3n) is 4.55. The lowest BCUT2D eigenvalue weighted by Crippen LogP contribution is -2.42. The maximum absolute atomic E-state index is 13.0. The first kappa shape index (κ1) is 20.0. The molecule has 9 nitrogen and oxygen atoms in total. The van der Waals surface area contributed by atoms with E-state index in [1.807, 2.05) is 19.1 Å². The van der Waals surface area contributed by atoms with Crippen LogP contribution in [0.1, 0.15) is 21.6 Å². The number of aromatic nitrogens is 3. The summed E-state index contributed by atoms with van der Waals surface area (Å²) in [5, 5.41) is 2.61. The standard InChI is InChI=1S/C20H20N4O5/c1-11-7-5-6-8-14(11)22-15(25)10-24-18(26)16-13(19(27)29-4)9-12(2)21-17(16)23(3)20(24)28/h5-9H,10H2,1-4H3,(H,22,25). The number of amides is 1. The molecule has 1 amide bonds. The number of carbonyl (C=O) groups excluding carboxylic acids is 2. The number of nitrogens with one attached hydrogen (secondary N) is 1. The zero-order valence-corrected chi connectivity index (χ0v) is 16.5. The number of para-hydroxylation sites is 1. The van der Waals surface area contributed by atoms with E-state index >= 15 is 0 Å². The molecule has 0 spiro atoms. The normalized spacial score (nSPS) is 10.8. The molecule has 0 aliphatic carbocycles. The van der Waals surface area contributed by atoms with Crippen molar-refractivity contribution in [3.63, 3.8) is 0 Å². The van der Waals surface area contributed by atoms with Gasteiger partial charge in [0.25, 0.3) is 5.56 Å². The molecule has 1 aromatic carbocycles. The van der Waals surface area contributed by atoms with Crippen molar-refractivity contribution < 1.29 is 14.3 Å². The molecule has 0 aliphatic rings. The van der Waals surface area contributed by atoms with Crippen LogP contribution < -0.4 is 16.6 Å². The van der Waals surface area contributed by atoms with E-state index in [0.29, 0.717) is 11.4 Å². The van der Waals surface area contributed by atoms with Crippen molar-refractivity contribution >= 4 is 28.6 Å². The molecule has 0 saturated carbocycles. The van der Waals surface area contributed by atoms with E-state index < -0.39 is 29.7 Å². The molecule has 2 aromatic heterocycles. The highest BCUT2D eigenvalue weighted by Gasteiger charge is 2.21. The monoisotopic (exact) mass is 396 g/mol. The van der Waals surface area contributed by atoms with Gasteiger partial charge in [0, 0.05) is 18.4 Å². The molecular weight excluding hydrogens is 376 g/mol. The van der Waals surface area contributed by atoms with Gasteiger partial charge in [0.1, 0.15) is 12.2 Å². The Morgan fingerprint density at radius 3 is 2.52 bits per heavy atom. The van der Waals surface area contributed by atoms with Crippen LogP contribution >= 0.6 is 0 Å². The number of methoxy groups -OCH3 is 1.